The Balaban J connectivity index is 1.59. The third-order valence-corrected chi connectivity index (χ3v) is 3.64. The van der Waals surface area contributed by atoms with Gasteiger partial charge in [0.15, 0.2) is 0 Å². The number of amides is 1. The molecule has 1 saturated heterocycles. The van der Waals surface area contributed by atoms with E-state index in [2.05, 4.69) is 21.0 Å². The van der Waals surface area contributed by atoms with Gasteiger partial charge in [0.05, 0.1) is 13.1 Å². The summed E-state index contributed by atoms with van der Waals surface area (Å²) in [5, 5.41) is 2.69. The molecule has 0 aromatic heterocycles. The molecule has 5 nitrogen and oxygen atoms in total. The average molecular weight is 301 g/mol. The normalized spacial score (nSPS) is 16.0. The molecule has 0 atom stereocenters. The number of carbonyl (C=O) groups excluding carboxylic acids is 1. The number of carbonyl (C=O) groups is 1. The fourth-order valence-corrected chi connectivity index (χ4v) is 2.39. The van der Waals surface area contributed by atoms with Gasteiger partial charge in [0.25, 0.3) is 0 Å². The zero-order valence-electron chi connectivity index (χ0n) is 12.8. The van der Waals surface area contributed by atoms with E-state index in [0.29, 0.717) is 19.7 Å². The van der Waals surface area contributed by atoms with Crippen molar-refractivity contribution in [3.63, 3.8) is 0 Å². The van der Waals surface area contributed by atoms with Gasteiger partial charge in [-0.3, -0.25) is 14.6 Å². The molecule has 118 valence electrons. The molecule has 0 aliphatic carbocycles. The van der Waals surface area contributed by atoms with Crippen LogP contribution in [-0.2, 0) is 4.79 Å². The lowest BCUT2D eigenvalue weighted by Gasteiger charge is -2.34. The van der Waals surface area contributed by atoms with Crippen molar-refractivity contribution in [3.8, 4) is 18.1 Å². The highest BCUT2D eigenvalue weighted by Gasteiger charge is 2.18. The lowest BCUT2D eigenvalue weighted by atomic mass is 10.3. The first kappa shape index (κ1) is 16.3. The second-order valence-corrected chi connectivity index (χ2v) is 5.26. The Hall–Kier alpha value is -2.03. The van der Waals surface area contributed by atoms with Crippen LogP contribution in [0.3, 0.4) is 0 Å². The number of piperazine rings is 1. The van der Waals surface area contributed by atoms with Crippen LogP contribution in [0.5, 0.6) is 5.75 Å². The first-order valence-corrected chi connectivity index (χ1v) is 7.60. The van der Waals surface area contributed by atoms with E-state index in [4.69, 9.17) is 11.2 Å². The van der Waals surface area contributed by atoms with Crippen LogP contribution in [0.15, 0.2) is 30.3 Å². The van der Waals surface area contributed by atoms with Crippen LogP contribution in [0, 0.1) is 12.3 Å². The molecule has 1 aliphatic heterocycles. The lowest BCUT2D eigenvalue weighted by Crippen LogP contribution is -2.50. The van der Waals surface area contributed by atoms with E-state index in [1.165, 1.54) is 0 Å². The highest BCUT2D eigenvalue weighted by atomic mass is 16.5. The maximum Gasteiger partial charge on any atom is 0.234 e. The van der Waals surface area contributed by atoms with E-state index in [0.717, 1.165) is 38.5 Å². The Morgan fingerprint density at radius 2 is 1.86 bits per heavy atom. The van der Waals surface area contributed by atoms with Crippen LogP contribution < -0.4 is 10.1 Å². The number of nitrogens with zero attached hydrogens (tertiary/aromatic N) is 2. The molecule has 1 heterocycles. The Labute approximate surface area is 132 Å². The lowest BCUT2D eigenvalue weighted by molar-refractivity contribution is -0.122. The summed E-state index contributed by atoms with van der Waals surface area (Å²) in [4.78, 5) is 16.1. The minimum absolute atomic E-state index is 0.00110. The number of terminal acetylenes is 1. The van der Waals surface area contributed by atoms with Crippen molar-refractivity contribution in [3.05, 3.63) is 30.3 Å². The van der Waals surface area contributed by atoms with Crippen molar-refractivity contribution in [2.24, 2.45) is 0 Å². The molecular weight excluding hydrogens is 278 g/mol. The van der Waals surface area contributed by atoms with Gasteiger partial charge in [0, 0.05) is 32.7 Å². The summed E-state index contributed by atoms with van der Waals surface area (Å²) in [6, 6.07) is 9.85. The van der Waals surface area contributed by atoms with Gasteiger partial charge in [-0.2, -0.15) is 0 Å². The summed E-state index contributed by atoms with van der Waals surface area (Å²) >= 11 is 0. The number of benzene rings is 1. The quantitative estimate of drug-likeness (QED) is 0.742. The average Bonchev–Trinajstić information content (AvgIpc) is 2.55. The van der Waals surface area contributed by atoms with Crippen LogP contribution in [0.25, 0.3) is 0 Å². The second-order valence-electron chi connectivity index (χ2n) is 5.26. The van der Waals surface area contributed by atoms with E-state index >= 15 is 0 Å². The standard InChI is InChI=1S/C17H23N3O2/c1-2-8-18-17(21)15-20-11-9-19(10-12-20)13-14-22-16-6-4-3-5-7-16/h1,3-7H,8-15H2,(H,18,21). The minimum Gasteiger partial charge on any atom is -0.492 e. The summed E-state index contributed by atoms with van der Waals surface area (Å²) in [5.41, 5.74) is 0. The Bertz CT molecular complexity index is 490. The molecule has 1 N–H and O–H groups in total. The van der Waals surface area contributed by atoms with E-state index in [9.17, 15) is 4.79 Å². The Morgan fingerprint density at radius 1 is 1.18 bits per heavy atom. The first-order valence-electron chi connectivity index (χ1n) is 7.60. The summed E-state index contributed by atoms with van der Waals surface area (Å²) in [5.74, 6) is 3.31. The zero-order chi connectivity index (χ0) is 15.6. The summed E-state index contributed by atoms with van der Waals surface area (Å²) < 4.78 is 5.71. The number of ether oxygens (including phenoxy) is 1. The predicted molar refractivity (Wildman–Crippen MR) is 86.7 cm³/mol. The minimum atomic E-state index is -0.00110. The van der Waals surface area contributed by atoms with E-state index in [-0.39, 0.29) is 5.91 Å². The number of para-hydroxylation sites is 1. The second kappa shape index (κ2) is 9.08. The molecule has 1 fully saturated rings. The van der Waals surface area contributed by atoms with E-state index < -0.39 is 0 Å². The van der Waals surface area contributed by atoms with Crippen LogP contribution in [0.2, 0.25) is 0 Å². The van der Waals surface area contributed by atoms with Crippen molar-refractivity contribution in [1.82, 2.24) is 15.1 Å². The fourth-order valence-electron chi connectivity index (χ4n) is 2.39. The van der Waals surface area contributed by atoms with Crippen molar-refractivity contribution in [2.45, 2.75) is 0 Å². The smallest absolute Gasteiger partial charge is 0.234 e. The van der Waals surface area contributed by atoms with E-state index in [1.807, 2.05) is 30.3 Å². The van der Waals surface area contributed by atoms with Crippen LogP contribution >= 0.6 is 0 Å². The molecular formula is C17H23N3O2. The molecule has 0 bridgehead atoms. The molecule has 5 heteroatoms. The van der Waals surface area contributed by atoms with Gasteiger partial charge < -0.3 is 10.1 Å². The topological polar surface area (TPSA) is 44.8 Å². The highest BCUT2D eigenvalue weighted by Crippen LogP contribution is 2.08. The summed E-state index contributed by atoms with van der Waals surface area (Å²) in [6.45, 7) is 6.04. The predicted octanol–water partition coefficient (Wildman–Crippen LogP) is 0.432. The molecule has 0 unspecified atom stereocenters. The van der Waals surface area contributed by atoms with Crippen LogP contribution in [0.1, 0.15) is 0 Å². The van der Waals surface area contributed by atoms with Gasteiger partial charge in [-0.15, -0.1) is 6.42 Å². The van der Waals surface area contributed by atoms with Crippen molar-refractivity contribution >= 4 is 5.91 Å². The van der Waals surface area contributed by atoms with Gasteiger partial charge in [0.2, 0.25) is 5.91 Å². The third kappa shape index (κ3) is 5.76. The molecule has 1 aliphatic rings. The maximum atomic E-state index is 11.6. The Morgan fingerprint density at radius 3 is 2.55 bits per heavy atom. The molecule has 1 aromatic rings. The Kier molecular flexibility index (Phi) is 6.75. The molecule has 1 aromatic carbocycles. The first-order chi connectivity index (χ1) is 10.8. The summed E-state index contributed by atoms with van der Waals surface area (Å²) in [6.07, 6.45) is 5.12. The largest absolute Gasteiger partial charge is 0.492 e. The molecule has 22 heavy (non-hydrogen) atoms. The third-order valence-electron chi connectivity index (χ3n) is 3.64. The molecule has 0 saturated carbocycles. The fraction of sp³-hybridized carbons (Fsp3) is 0.471. The van der Waals surface area contributed by atoms with Gasteiger partial charge in [0.1, 0.15) is 12.4 Å². The van der Waals surface area contributed by atoms with Crippen molar-refractivity contribution in [1.29, 1.82) is 0 Å². The number of hydrogen-bond donors (Lipinski definition) is 1. The van der Waals surface area contributed by atoms with Crippen LogP contribution in [0.4, 0.5) is 0 Å². The van der Waals surface area contributed by atoms with Gasteiger partial charge >= 0.3 is 0 Å². The highest BCUT2D eigenvalue weighted by molar-refractivity contribution is 5.78. The molecule has 0 radical (unpaired) electrons. The van der Waals surface area contributed by atoms with Crippen molar-refractivity contribution < 1.29 is 9.53 Å². The van der Waals surface area contributed by atoms with Gasteiger partial charge in [-0.1, -0.05) is 24.1 Å². The summed E-state index contributed by atoms with van der Waals surface area (Å²) in [7, 11) is 0. The molecule has 2 rings (SSSR count). The van der Waals surface area contributed by atoms with Crippen LogP contribution in [-0.4, -0.2) is 68.1 Å². The number of hydrogen-bond acceptors (Lipinski definition) is 4. The number of nitrogens with one attached hydrogen (secondary N) is 1. The van der Waals surface area contributed by atoms with Crippen molar-refractivity contribution in [2.75, 3.05) is 52.4 Å². The van der Waals surface area contributed by atoms with E-state index in [1.54, 1.807) is 0 Å². The van der Waals surface area contributed by atoms with Gasteiger partial charge in [-0.05, 0) is 12.1 Å². The monoisotopic (exact) mass is 301 g/mol. The number of rotatable bonds is 7. The van der Waals surface area contributed by atoms with Gasteiger partial charge in [-0.25, -0.2) is 0 Å². The zero-order valence-corrected chi connectivity index (χ0v) is 12.8. The SMILES string of the molecule is C#CCNC(=O)CN1CCN(CCOc2ccccc2)CC1. The maximum absolute atomic E-state index is 11.6. The molecule has 1 amide bonds. The molecule has 0 spiro atoms.